The molecule has 2 heterocycles. The van der Waals surface area contributed by atoms with Crippen molar-refractivity contribution in [2.45, 2.75) is 21.4 Å². The molecule has 0 bridgehead atoms. The second kappa shape index (κ2) is 9.51. The van der Waals surface area contributed by atoms with Crippen molar-refractivity contribution in [1.82, 2.24) is 9.62 Å². The number of halogens is 1. The Morgan fingerprint density at radius 2 is 2.30 bits per heavy atom. The standard InChI is InChI=1S/C11H19N3O5S3.ClH/c1-3-13-9-7-14(4-5-17-2)22(15,16)11-8(9)6-10(20-11)21-19-18-12;/h6,9,13H,3-5,7,12H2,1-2H3;1H/t9-;/m0./s1. The van der Waals surface area contributed by atoms with Crippen molar-refractivity contribution in [1.29, 1.82) is 0 Å². The van der Waals surface area contributed by atoms with Crippen LogP contribution in [0.25, 0.3) is 0 Å². The second-order valence-electron chi connectivity index (χ2n) is 4.52. The number of rotatable bonds is 8. The van der Waals surface area contributed by atoms with Gasteiger partial charge in [0.05, 0.1) is 22.9 Å². The maximum atomic E-state index is 12.7. The highest BCUT2D eigenvalue weighted by Crippen LogP contribution is 2.42. The summed E-state index contributed by atoms with van der Waals surface area (Å²) in [6.45, 7) is 3.77. The van der Waals surface area contributed by atoms with E-state index in [9.17, 15) is 8.42 Å². The van der Waals surface area contributed by atoms with E-state index in [0.717, 1.165) is 35.5 Å². The number of nitrogens with one attached hydrogen (secondary N) is 1. The van der Waals surface area contributed by atoms with Crippen LogP contribution in [0.1, 0.15) is 18.5 Å². The zero-order valence-corrected chi connectivity index (χ0v) is 15.9. The highest BCUT2D eigenvalue weighted by molar-refractivity contribution is 7.97. The number of ether oxygens (including phenoxy) is 1. The molecule has 23 heavy (non-hydrogen) atoms. The van der Waals surface area contributed by atoms with Gasteiger partial charge in [0.1, 0.15) is 4.21 Å². The summed E-state index contributed by atoms with van der Waals surface area (Å²) in [6, 6.07) is 1.73. The lowest BCUT2D eigenvalue weighted by Gasteiger charge is -2.32. The first kappa shape index (κ1) is 21.1. The summed E-state index contributed by atoms with van der Waals surface area (Å²) in [7, 11) is -1.97. The van der Waals surface area contributed by atoms with Gasteiger partial charge in [-0.25, -0.2) is 8.42 Å². The van der Waals surface area contributed by atoms with Gasteiger partial charge in [0.25, 0.3) is 10.0 Å². The minimum Gasteiger partial charge on any atom is -0.383 e. The fourth-order valence-corrected chi connectivity index (χ4v) is 6.24. The van der Waals surface area contributed by atoms with Crippen LogP contribution >= 0.6 is 35.8 Å². The van der Waals surface area contributed by atoms with Crippen LogP contribution in [0.3, 0.4) is 0 Å². The maximum Gasteiger partial charge on any atom is 0.253 e. The smallest absolute Gasteiger partial charge is 0.253 e. The van der Waals surface area contributed by atoms with Crippen LogP contribution in [-0.2, 0) is 24.1 Å². The molecule has 1 aromatic rings. The van der Waals surface area contributed by atoms with E-state index < -0.39 is 10.0 Å². The Morgan fingerprint density at radius 3 is 2.91 bits per heavy atom. The monoisotopic (exact) mass is 405 g/mol. The topological polar surface area (TPSA) is 103 Å². The molecule has 0 unspecified atom stereocenters. The van der Waals surface area contributed by atoms with E-state index >= 15 is 0 Å². The molecule has 0 radical (unpaired) electrons. The number of methoxy groups -OCH3 is 1. The molecule has 134 valence electrons. The predicted molar refractivity (Wildman–Crippen MR) is 90.8 cm³/mol. The minimum absolute atomic E-state index is 0. The molecule has 0 aromatic carbocycles. The van der Waals surface area contributed by atoms with Crippen LogP contribution < -0.4 is 11.2 Å². The van der Waals surface area contributed by atoms with E-state index in [0.29, 0.717) is 28.1 Å². The SMILES string of the molecule is CCN[C@H]1CN(CCOC)S(=O)(=O)c2sc(SOON)cc21.Cl. The third-order valence-corrected chi connectivity index (χ3v) is 7.41. The van der Waals surface area contributed by atoms with Crippen LogP contribution in [0, 0.1) is 0 Å². The van der Waals surface area contributed by atoms with Crippen molar-refractivity contribution < 1.29 is 22.5 Å². The molecular weight excluding hydrogens is 386 g/mol. The summed E-state index contributed by atoms with van der Waals surface area (Å²) in [5.74, 6) is 4.81. The molecule has 0 aliphatic carbocycles. The molecule has 2 rings (SSSR count). The Kier molecular flexibility index (Phi) is 8.72. The largest absolute Gasteiger partial charge is 0.383 e. The number of thiophene rings is 1. The molecule has 0 saturated carbocycles. The predicted octanol–water partition coefficient (Wildman–Crippen LogP) is 1.30. The number of nitrogens with two attached hydrogens (primary N) is 1. The summed E-state index contributed by atoms with van der Waals surface area (Å²) in [4.78, 5) is 4.06. The third kappa shape index (κ3) is 4.78. The average Bonchev–Trinajstić information content (AvgIpc) is 2.92. The lowest BCUT2D eigenvalue weighted by Crippen LogP contribution is -2.44. The van der Waals surface area contributed by atoms with Crippen molar-refractivity contribution in [3.63, 3.8) is 0 Å². The van der Waals surface area contributed by atoms with E-state index in [2.05, 4.69) is 14.6 Å². The molecule has 0 fully saturated rings. The Morgan fingerprint density at radius 1 is 1.57 bits per heavy atom. The van der Waals surface area contributed by atoms with Gasteiger partial charge in [-0.1, -0.05) is 6.92 Å². The second-order valence-corrected chi connectivity index (χ2v) is 8.71. The third-order valence-electron chi connectivity index (χ3n) is 3.19. The average molecular weight is 406 g/mol. The van der Waals surface area contributed by atoms with Crippen LogP contribution in [0.2, 0.25) is 0 Å². The molecule has 0 spiro atoms. The number of sulfonamides is 1. The van der Waals surface area contributed by atoms with E-state index in [-0.39, 0.29) is 18.4 Å². The molecule has 1 aromatic heterocycles. The first-order valence-electron chi connectivity index (χ1n) is 6.60. The summed E-state index contributed by atoms with van der Waals surface area (Å²) < 4.78 is 37.4. The zero-order valence-electron chi connectivity index (χ0n) is 12.7. The normalized spacial score (nSPS) is 20.0. The van der Waals surface area contributed by atoms with E-state index in [1.54, 1.807) is 13.2 Å². The Labute approximate surface area is 150 Å². The zero-order chi connectivity index (χ0) is 16.2. The molecule has 1 atom stereocenters. The highest BCUT2D eigenvalue weighted by Gasteiger charge is 2.38. The molecule has 1 aliphatic rings. The van der Waals surface area contributed by atoms with Crippen molar-refractivity contribution >= 4 is 45.8 Å². The first-order chi connectivity index (χ1) is 10.5. The van der Waals surface area contributed by atoms with E-state index in [4.69, 9.17) is 10.6 Å². The summed E-state index contributed by atoms with van der Waals surface area (Å²) in [5.41, 5.74) is 0.753. The van der Waals surface area contributed by atoms with E-state index in [1.807, 2.05) is 6.92 Å². The Hall–Kier alpha value is 0.0500. The van der Waals surface area contributed by atoms with Gasteiger partial charge >= 0.3 is 0 Å². The highest BCUT2D eigenvalue weighted by atomic mass is 35.5. The van der Waals surface area contributed by atoms with E-state index in [1.165, 1.54) is 4.31 Å². The van der Waals surface area contributed by atoms with Crippen molar-refractivity contribution in [3.8, 4) is 0 Å². The molecule has 8 nitrogen and oxygen atoms in total. The van der Waals surface area contributed by atoms with Gasteiger partial charge in [-0.2, -0.15) is 10.2 Å². The Balaban J connectivity index is 0.00000264. The van der Waals surface area contributed by atoms with Crippen LogP contribution in [0.15, 0.2) is 14.5 Å². The lowest BCUT2D eigenvalue weighted by atomic mass is 10.1. The lowest BCUT2D eigenvalue weighted by molar-refractivity contribution is -0.195. The minimum atomic E-state index is -3.52. The summed E-state index contributed by atoms with van der Waals surface area (Å²) in [5, 5.41) is 3.31. The number of hydrogen-bond acceptors (Lipinski definition) is 9. The van der Waals surface area contributed by atoms with Gasteiger partial charge < -0.3 is 10.1 Å². The fourth-order valence-electron chi connectivity index (χ4n) is 2.25. The van der Waals surface area contributed by atoms with Crippen molar-refractivity contribution in [3.05, 3.63) is 11.6 Å². The van der Waals surface area contributed by atoms with Gasteiger partial charge in [0.15, 0.2) is 0 Å². The molecular formula is C11H20ClN3O5S3. The molecule has 3 N–H and O–H groups in total. The molecule has 0 saturated heterocycles. The molecule has 1 aliphatic heterocycles. The quantitative estimate of drug-likeness (QED) is 0.379. The summed E-state index contributed by atoms with van der Waals surface area (Å²) >= 11 is 2.03. The number of likely N-dealkylation sites (N-methyl/N-ethyl adjacent to an activating group) is 1. The van der Waals surface area contributed by atoms with Gasteiger partial charge in [-0.15, -0.1) is 33.1 Å². The first-order valence-corrected chi connectivity index (χ1v) is 9.60. The van der Waals surface area contributed by atoms with Crippen LogP contribution in [0.5, 0.6) is 0 Å². The fraction of sp³-hybridized carbons (Fsp3) is 0.636. The number of fused-ring (bicyclic) bond motifs is 1. The maximum absolute atomic E-state index is 12.7. The van der Waals surface area contributed by atoms with Crippen LogP contribution in [0.4, 0.5) is 0 Å². The Bertz CT molecular complexity index is 598. The van der Waals surface area contributed by atoms with Gasteiger partial charge in [-0.3, -0.25) is 0 Å². The van der Waals surface area contributed by atoms with Gasteiger partial charge in [-0.05, 0) is 12.6 Å². The van der Waals surface area contributed by atoms with Gasteiger partial charge in [0.2, 0.25) is 0 Å². The number of nitrogens with zero attached hydrogens (tertiary/aromatic N) is 1. The molecule has 12 heteroatoms. The molecule has 0 amide bonds. The van der Waals surface area contributed by atoms with Crippen molar-refractivity contribution in [2.75, 3.05) is 33.4 Å². The van der Waals surface area contributed by atoms with Gasteiger partial charge in [0, 0.05) is 31.8 Å². The van der Waals surface area contributed by atoms with Crippen LogP contribution in [-0.4, -0.2) is 46.1 Å². The van der Waals surface area contributed by atoms with Crippen molar-refractivity contribution in [2.24, 2.45) is 5.90 Å². The summed E-state index contributed by atoms with van der Waals surface area (Å²) in [6.07, 6.45) is 0. The number of hydrogen-bond donors (Lipinski definition) is 2.